The number of rotatable bonds is 2. The van der Waals surface area contributed by atoms with Crippen molar-refractivity contribution in [3.8, 4) is 11.3 Å². The van der Waals surface area contributed by atoms with Crippen LogP contribution in [-0.4, -0.2) is 22.2 Å². The summed E-state index contributed by atoms with van der Waals surface area (Å²) in [6, 6.07) is 7.24. The molecular formula is C13H9N3O2. The number of benzene rings is 1. The lowest BCUT2D eigenvalue weighted by molar-refractivity contribution is -0.115. The molecule has 0 unspecified atom stereocenters. The molecule has 0 saturated heterocycles. The number of amides is 1. The molecule has 1 aromatic carbocycles. The van der Waals surface area contributed by atoms with Crippen LogP contribution < -0.4 is 5.32 Å². The fraction of sp³-hybridized carbons (Fsp3) is 0.0769. The molecule has 1 N–H and O–H groups in total. The molecule has 0 fully saturated rings. The van der Waals surface area contributed by atoms with E-state index in [1.54, 1.807) is 6.07 Å². The van der Waals surface area contributed by atoms with Gasteiger partial charge in [0.2, 0.25) is 5.91 Å². The molecular weight excluding hydrogens is 230 g/mol. The largest absolute Gasteiger partial charge is 0.326 e. The lowest BCUT2D eigenvalue weighted by atomic mass is 10.1. The fourth-order valence-corrected chi connectivity index (χ4v) is 1.98. The third-order valence-corrected chi connectivity index (χ3v) is 2.84. The van der Waals surface area contributed by atoms with Gasteiger partial charge < -0.3 is 5.32 Å². The first kappa shape index (κ1) is 10.6. The van der Waals surface area contributed by atoms with Crippen molar-refractivity contribution >= 4 is 17.9 Å². The number of nitrogens with one attached hydrogen (secondary N) is 1. The number of carbonyl (C=O) groups excluding carboxylic acids is 2. The fourth-order valence-electron chi connectivity index (χ4n) is 1.98. The molecule has 0 saturated carbocycles. The van der Waals surface area contributed by atoms with Crippen LogP contribution in [0.1, 0.15) is 16.1 Å². The van der Waals surface area contributed by atoms with Gasteiger partial charge in [-0.2, -0.15) is 0 Å². The topological polar surface area (TPSA) is 72.0 Å². The number of aldehydes is 1. The van der Waals surface area contributed by atoms with E-state index in [-0.39, 0.29) is 5.91 Å². The molecule has 1 aliphatic rings. The zero-order chi connectivity index (χ0) is 12.5. The Labute approximate surface area is 103 Å². The second-order valence-electron chi connectivity index (χ2n) is 4.04. The van der Waals surface area contributed by atoms with E-state index in [2.05, 4.69) is 15.3 Å². The Morgan fingerprint density at radius 1 is 1.22 bits per heavy atom. The molecule has 5 heteroatoms. The summed E-state index contributed by atoms with van der Waals surface area (Å²) in [4.78, 5) is 29.9. The average molecular weight is 239 g/mol. The Balaban J connectivity index is 2.05. The maximum absolute atomic E-state index is 11.3. The number of nitrogens with zero attached hydrogens (tertiary/aromatic N) is 2. The van der Waals surface area contributed by atoms with Gasteiger partial charge in [0.1, 0.15) is 12.0 Å². The summed E-state index contributed by atoms with van der Waals surface area (Å²) in [6.07, 6.45) is 2.42. The monoisotopic (exact) mass is 239 g/mol. The molecule has 1 amide bonds. The van der Waals surface area contributed by atoms with Gasteiger partial charge >= 0.3 is 0 Å². The predicted molar refractivity (Wildman–Crippen MR) is 65.2 cm³/mol. The molecule has 0 aliphatic carbocycles. The van der Waals surface area contributed by atoms with Gasteiger partial charge in [-0.3, -0.25) is 9.59 Å². The van der Waals surface area contributed by atoms with Crippen LogP contribution in [0.4, 0.5) is 5.69 Å². The molecule has 3 rings (SSSR count). The van der Waals surface area contributed by atoms with E-state index in [0.717, 1.165) is 16.8 Å². The van der Waals surface area contributed by atoms with Gasteiger partial charge in [-0.25, -0.2) is 9.97 Å². The first-order valence-electron chi connectivity index (χ1n) is 5.46. The molecule has 2 aromatic rings. The second kappa shape index (κ2) is 4.03. The molecule has 5 nitrogen and oxygen atoms in total. The van der Waals surface area contributed by atoms with E-state index in [1.807, 2.05) is 18.2 Å². The standard InChI is InChI=1S/C13H9N3O2/c17-6-10-5-12(15-7-14-10)8-1-2-11-9(3-8)4-13(18)16-11/h1-3,5-7H,4H2,(H,16,18). The van der Waals surface area contributed by atoms with Crippen molar-refractivity contribution in [2.45, 2.75) is 6.42 Å². The third-order valence-electron chi connectivity index (χ3n) is 2.84. The minimum absolute atomic E-state index is 0.00146. The number of hydrogen-bond donors (Lipinski definition) is 1. The zero-order valence-electron chi connectivity index (χ0n) is 9.38. The van der Waals surface area contributed by atoms with Crippen LogP contribution in [0.15, 0.2) is 30.6 Å². The van der Waals surface area contributed by atoms with E-state index in [4.69, 9.17) is 0 Å². The van der Waals surface area contributed by atoms with Crippen LogP contribution >= 0.6 is 0 Å². The van der Waals surface area contributed by atoms with Gasteiger partial charge in [0.05, 0.1) is 12.1 Å². The summed E-state index contributed by atoms with van der Waals surface area (Å²) in [5.41, 5.74) is 3.68. The summed E-state index contributed by atoms with van der Waals surface area (Å²) in [5, 5.41) is 2.77. The van der Waals surface area contributed by atoms with Crippen LogP contribution in [0.3, 0.4) is 0 Å². The number of fused-ring (bicyclic) bond motifs is 1. The third kappa shape index (κ3) is 1.75. The van der Waals surface area contributed by atoms with E-state index in [9.17, 15) is 9.59 Å². The van der Waals surface area contributed by atoms with Crippen molar-refractivity contribution in [3.63, 3.8) is 0 Å². The van der Waals surface area contributed by atoms with E-state index in [1.165, 1.54) is 6.33 Å². The Hall–Kier alpha value is -2.56. The summed E-state index contributed by atoms with van der Waals surface area (Å²) in [6.45, 7) is 0. The van der Waals surface area contributed by atoms with Gasteiger partial charge in [0.15, 0.2) is 6.29 Å². The molecule has 2 heterocycles. The number of hydrogen-bond acceptors (Lipinski definition) is 4. The maximum atomic E-state index is 11.3. The van der Waals surface area contributed by atoms with Crippen LogP contribution in [0, 0.1) is 0 Å². The Morgan fingerprint density at radius 2 is 2.11 bits per heavy atom. The second-order valence-corrected chi connectivity index (χ2v) is 4.04. The number of anilines is 1. The van der Waals surface area contributed by atoms with Crippen LogP contribution in [0.5, 0.6) is 0 Å². The van der Waals surface area contributed by atoms with Gasteiger partial charge in [-0.05, 0) is 23.8 Å². The first-order valence-corrected chi connectivity index (χ1v) is 5.46. The first-order chi connectivity index (χ1) is 8.76. The lowest BCUT2D eigenvalue weighted by Crippen LogP contribution is -2.03. The lowest BCUT2D eigenvalue weighted by Gasteiger charge is -2.03. The van der Waals surface area contributed by atoms with Crippen molar-refractivity contribution < 1.29 is 9.59 Å². The molecule has 0 atom stereocenters. The summed E-state index contributed by atoms with van der Waals surface area (Å²) >= 11 is 0. The molecule has 1 aromatic heterocycles. The highest BCUT2D eigenvalue weighted by molar-refractivity contribution is 5.99. The van der Waals surface area contributed by atoms with Crippen molar-refractivity contribution in [3.05, 3.63) is 41.9 Å². The van der Waals surface area contributed by atoms with Crippen LogP contribution in [0.2, 0.25) is 0 Å². The summed E-state index contributed by atoms with van der Waals surface area (Å²) in [7, 11) is 0. The minimum atomic E-state index is -0.00146. The Morgan fingerprint density at radius 3 is 2.94 bits per heavy atom. The highest BCUT2D eigenvalue weighted by Crippen LogP contribution is 2.28. The van der Waals surface area contributed by atoms with Crippen molar-refractivity contribution in [2.75, 3.05) is 5.32 Å². The van der Waals surface area contributed by atoms with Gasteiger partial charge in [-0.15, -0.1) is 0 Å². The van der Waals surface area contributed by atoms with Crippen molar-refractivity contribution in [1.82, 2.24) is 9.97 Å². The highest BCUT2D eigenvalue weighted by Gasteiger charge is 2.17. The highest BCUT2D eigenvalue weighted by atomic mass is 16.1. The van der Waals surface area contributed by atoms with Crippen molar-refractivity contribution in [1.29, 1.82) is 0 Å². The Bertz CT molecular complexity index is 652. The predicted octanol–water partition coefficient (Wildman–Crippen LogP) is 1.45. The molecule has 0 bridgehead atoms. The molecule has 0 radical (unpaired) electrons. The quantitative estimate of drug-likeness (QED) is 0.805. The SMILES string of the molecule is O=Cc1cc(-c2ccc3c(c2)CC(=O)N3)ncn1. The van der Waals surface area contributed by atoms with E-state index in [0.29, 0.717) is 24.1 Å². The maximum Gasteiger partial charge on any atom is 0.228 e. The van der Waals surface area contributed by atoms with E-state index < -0.39 is 0 Å². The molecule has 88 valence electrons. The Kier molecular flexibility index (Phi) is 2.37. The van der Waals surface area contributed by atoms with Gasteiger partial charge in [0.25, 0.3) is 0 Å². The minimum Gasteiger partial charge on any atom is -0.326 e. The van der Waals surface area contributed by atoms with Crippen molar-refractivity contribution in [2.24, 2.45) is 0 Å². The molecule has 1 aliphatic heterocycles. The van der Waals surface area contributed by atoms with Crippen LogP contribution in [0.25, 0.3) is 11.3 Å². The zero-order valence-corrected chi connectivity index (χ0v) is 9.38. The van der Waals surface area contributed by atoms with Gasteiger partial charge in [0, 0.05) is 11.3 Å². The van der Waals surface area contributed by atoms with Crippen LogP contribution in [-0.2, 0) is 11.2 Å². The van der Waals surface area contributed by atoms with E-state index >= 15 is 0 Å². The number of carbonyl (C=O) groups is 2. The van der Waals surface area contributed by atoms with Gasteiger partial charge in [-0.1, -0.05) is 6.07 Å². The normalized spacial score (nSPS) is 13.0. The summed E-state index contributed by atoms with van der Waals surface area (Å²) < 4.78 is 0. The number of aromatic nitrogens is 2. The summed E-state index contributed by atoms with van der Waals surface area (Å²) in [5.74, 6) is -0.00146. The average Bonchev–Trinajstić information content (AvgIpc) is 2.77. The molecule has 0 spiro atoms. The molecule has 18 heavy (non-hydrogen) atoms. The smallest absolute Gasteiger partial charge is 0.228 e.